The second-order valence-electron chi connectivity index (χ2n) is 9.37. The lowest BCUT2D eigenvalue weighted by Gasteiger charge is -2.32. The molecule has 2 aromatic rings. The van der Waals surface area contributed by atoms with Crippen molar-refractivity contribution in [3.63, 3.8) is 0 Å². The number of rotatable bonds is 6. The van der Waals surface area contributed by atoms with Crippen LogP contribution >= 0.6 is 0 Å². The summed E-state index contributed by atoms with van der Waals surface area (Å²) in [6, 6.07) is 15.6. The monoisotopic (exact) mass is 416 g/mol. The van der Waals surface area contributed by atoms with Crippen LogP contribution in [0.5, 0.6) is 0 Å². The Hall–Kier alpha value is -2.95. The molecule has 1 aliphatic heterocycles. The van der Waals surface area contributed by atoms with Gasteiger partial charge in [0, 0.05) is 12.5 Å². The van der Waals surface area contributed by atoms with Crippen molar-refractivity contribution < 1.29 is 14.4 Å². The lowest BCUT2D eigenvalue weighted by molar-refractivity contribution is -0.126. The van der Waals surface area contributed by atoms with Crippen LogP contribution in [0.25, 0.3) is 0 Å². The van der Waals surface area contributed by atoms with Gasteiger partial charge in [-0.25, -0.2) is 0 Å². The number of carbonyl (C=O) groups excluding carboxylic acids is 3. The lowest BCUT2D eigenvalue weighted by Crippen LogP contribution is -2.53. The first-order chi connectivity index (χ1) is 15.0. The number of hydrogen-bond donors (Lipinski definition) is 1. The Labute approximate surface area is 182 Å². The molecule has 3 aliphatic rings. The van der Waals surface area contributed by atoms with Gasteiger partial charge in [0.1, 0.15) is 6.04 Å². The number of benzene rings is 2. The van der Waals surface area contributed by atoms with E-state index in [1.807, 2.05) is 30.3 Å². The van der Waals surface area contributed by atoms with Crippen molar-refractivity contribution >= 4 is 17.7 Å². The van der Waals surface area contributed by atoms with Gasteiger partial charge < -0.3 is 5.32 Å². The van der Waals surface area contributed by atoms with E-state index in [0.717, 1.165) is 11.5 Å². The number of carbonyl (C=O) groups is 3. The van der Waals surface area contributed by atoms with E-state index in [0.29, 0.717) is 29.4 Å². The summed E-state index contributed by atoms with van der Waals surface area (Å²) in [6.45, 7) is 2.07. The molecule has 0 unspecified atom stereocenters. The van der Waals surface area contributed by atoms with Crippen LogP contribution in [0.1, 0.15) is 58.9 Å². The molecule has 5 rings (SSSR count). The molecule has 5 atom stereocenters. The predicted molar refractivity (Wildman–Crippen MR) is 117 cm³/mol. The van der Waals surface area contributed by atoms with Crippen molar-refractivity contribution in [2.24, 2.45) is 17.8 Å². The molecule has 5 heteroatoms. The van der Waals surface area contributed by atoms with Crippen molar-refractivity contribution in [1.82, 2.24) is 10.2 Å². The van der Waals surface area contributed by atoms with Crippen LogP contribution in [0.15, 0.2) is 54.6 Å². The maximum atomic E-state index is 13.5. The van der Waals surface area contributed by atoms with E-state index < -0.39 is 6.04 Å². The van der Waals surface area contributed by atoms with E-state index in [4.69, 9.17) is 0 Å². The van der Waals surface area contributed by atoms with Crippen LogP contribution < -0.4 is 5.32 Å². The zero-order valence-corrected chi connectivity index (χ0v) is 17.8. The van der Waals surface area contributed by atoms with Gasteiger partial charge in [-0.1, -0.05) is 48.9 Å². The van der Waals surface area contributed by atoms with E-state index in [1.165, 1.54) is 30.6 Å². The molecule has 3 amide bonds. The summed E-state index contributed by atoms with van der Waals surface area (Å²) in [7, 11) is 0. The van der Waals surface area contributed by atoms with Crippen LogP contribution in [0.3, 0.4) is 0 Å². The smallest absolute Gasteiger partial charge is 0.262 e. The minimum atomic E-state index is -0.865. The van der Waals surface area contributed by atoms with Crippen LogP contribution in [-0.2, 0) is 11.2 Å². The van der Waals surface area contributed by atoms with E-state index in [-0.39, 0.29) is 23.8 Å². The molecule has 0 aromatic heterocycles. The van der Waals surface area contributed by atoms with Gasteiger partial charge in [-0.2, -0.15) is 0 Å². The molecule has 2 aliphatic carbocycles. The third-order valence-corrected chi connectivity index (χ3v) is 7.52. The first-order valence-corrected chi connectivity index (χ1v) is 11.3. The third kappa shape index (κ3) is 3.56. The Bertz CT molecular complexity index is 983. The Morgan fingerprint density at radius 2 is 1.61 bits per heavy atom. The van der Waals surface area contributed by atoms with E-state index >= 15 is 0 Å². The predicted octanol–water partition coefficient (Wildman–Crippen LogP) is 3.83. The summed E-state index contributed by atoms with van der Waals surface area (Å²) in [5.74, 6) is 0.960. The fourth-order valence-electron chi connectivity index (χ4n) is 5.96. The quantitative estimate of drug-likeness (QED) is 0.728. The van der Waals surface area contributed by atoms with E-state index in [1.54, 1.807) is 24.3 Å². The van der Waals surface area contributed by atoms with Gasteiger partial charge in [-0.15, -0.1) is 0 Å². The highest BCUT2D eigenvalue weighted by Crippen LogP contribution is 2.49. The van der Waals surface area contributed by atoms with Crippen molar-refractivity contribution in [2.75, 3.05) is 0 Å². The second-order valence-corrected chi connectivity index (χ2v) is 9.37. The standard InChI is InChI=1S/C26H28N2O3/c1-16(22-14-18-11-12-19(22)13-18)27-24(29)23(15-17-7-3-2-4-8-17)28-25(30)20-9-5-6-10-21(20)26(28)31/h2-10,16,18-19,22-23H,11-15H2,1H3,(H,27,29)/t16-,18-,19-,22+,23-/m0/s1. The molecular weight excluding hydrogens is 388 g/mol. The molecule has 31 heavy (non-hydrogen) atoms. The molecule has 2 bridgehead atoms. The van der Waals surface area contributed by atoms with Crippen LogP contribution in [0.2, 0.25) is 0 Å². The summed E-state index contributed by atoms with van der Waals surface area (Å²) in [6.07, 6.45) is 5.32. The zero-order valence-electron chi connectivity index (χ0n) is 17.8. The topological polar surface area (TPSA) is 66.5 Å². The van der Waals surface area contributed by atoms with Crippen molar-refractivity contribution in [1.29, 1.82) is 0 Å². The van der Waals surface area contributed by atoms with Crippen molar-refractivity contribution in [3.8, 4) is 0 Å². The highest BCUT2D eigenvalue weighted by atomic mass is 16.2. The molecule has 2 saturated carbocycles. The first-order valence-electron chi connectivity index (χ1n) is 11.3. The number of hydrogen-bond acceptors (Lipinski definition) is 3. The molecule has 0 saturated heterocycles. The summed E-state index contributed by atoms with van der Waals surface area (Å²) in [5.41, 5.74) is 1.67. The molecule has 5 nitrogen and oxygen atoms in total. The maximum Gasteiger partial charge on any atom is 0.262 e. The minimum absolute atomic E-state index is 0.0382. The van der Waals surface area contributed by atoms with Gasteiger partial charge in [0.05, 0.1) is 11.1 Å². The molecule has 0 spiro atoms. The minimum Gasteiger partial charge on any atom is -0.352 e. The highest BCUT2D eigenvalue weighted by molar-refractivity contribution is 6.22. The van der Waals surface area contributed by atoms with Crippen LogP contribution in [0, 0.1) is 17.8 Å². The number of imide groups is 1. The van der Waals surface area contributed by atoms with Gasteiger partial charge in [-0.05, 0) is 61.6 Å². The number of nitrogens with zero attached hydrogens (tertiary/aromatic N) is 1. The molecule has 0 radical (unpaired) electrons. The van der Waals surface area contributed by atoms with Crippen LogP contribution in [0.4, 0.5) is 0 Å². The molecule has 2 aromatic carbocycles. The Morgan fingerprint density at radius 3 is 2.19 bits per heavy atom. The van der Waals surface area contributed by atoms with Gasteiger partial charge >= 0.3 is 0 Å². The fraction of sp³-hybridized carbons (Fsp3) is 0.423. The first kappa shape index (κ1) is 20.0. The molecular formula is C26H28N2O3. The summed E-state index contributed by atoms with van der Waals surface area (Å²) >= 11 is 0. The van der Waals surface area contributed by atoms with Crippen molar-refractivity contribution in [3.05, 3.63) is 71.3 Å². The van der Waals surface area contributed by atoms with E-state index in [2.05, 4.69) is 12.2 Å². The Morgan fingerprint density at radius 1 is 0.968 bits per heavy atom. The van der Waals surface area contributed by atoms with Crippen molar-refractivity contribution in [2.45, 2.75) is 51.1 Å². The largest absolute Gasteiger partial charge is 0.352 e. The van der Waals surface area contributed by atoms with Gasteiger partial charge in [0.2, 0.25) is 5.91 Å². The summed E-state index contributed by atoms with van der Waals surface area (Å²) < 4.78 is 0. The second kappa shape index (κ2) is 7.95. The average molecular weight is 417 g/mol. The lowest BCUT2D eigenvalue weighted by atomic mass is 9.84. The zero-order chi connectivity index (χ0) is 21.5. The number of amides is 3. The summed E-state index contributed by atoms with van der Waals surface area (Å²) in [4.78, 5) is 40.9. The average Bonchev–Trinajstić information content (AvgIpc) is 3.48. The Balaban J connectivity index is 1.40. The van der Waals surface area contributed by atoms with Gasteiger partial charge in [0.15, 0.2) is 0 Å². The fourth-order valence-corrected chi connectivity index (χ4v) is 5.96. The van der Waals surface area contributed by atoms with E-state index in [9.17, 15) is 14.4 Å². The molecule has 2 fully saturated rings. The number of fused-ring (bicyclic) bond motifs is 3. The molecule has 1 N–H and O–H groups in total. The Kier molecular flexibility index (Phi) is 5.12. The van der Waals surface area contributed by atoms with Gasteiger partial charge in [-0.3, -0.25) is 19.3 Å². The van der Waals surface area contributed by atoms with Crippen LogP contribution in [-0.4, -0.2) is 34.7 Å². The summed E-state index contributed by atoms with van der Waals surface area (Å²) in [5, 5.41) is 3.19. The maximum absolute atomic E-state index is 13.5. The molecule has 160 valence electrons. The molecule has 1 heterocycles. The normalized spacial score (nSPS) is 26.1. The number of nitrogens with one attached hydrogen (secondary N) is 1. The highest BCUT2D eigenvalue weighted by Gasteiger charge is 2.45. The SMILES string of the molecule is C[C@H](NC(=O)[C@H](Cc1ccccc1)N1C(=O)c2ccccc2C1=O)[C@H]1C[C@H]2CC[C@H]1C2. The van der Waals surface area contributed by atoms with Gasteiger partial charge in [0.25, 0.3) is 11.8 Å². The third-order valence-electron chi connectivity index (χ3n) is 7.52.